The Labute approximate surface area is 109 Å². The lowest BCUT2D eigenvalue weighted by atomic mass is 10.0. The number of rotatable bonds is 3. The summed E-state index contributed by atoms with van der Waals surface area (Å²) in [6, 6.07) is 1.65. The molecular formula is C11H14N2O4S. The van der Waals surface area contributed by atoms with E-state index >= 15 is 0 Å². The number of nitrogens with two attached hydrogens (primary N) is 1. The van der Waals surface area contributed by atoms with E-state index < -0.39 is 24.4 Å². The minimum atomic E-state index is -1.13. The van der Waals surface area contributed by atoms with Crippen LogP contribution in [0.1, 0.15) is 17.2 Å². The Hall–Kier alpha value is -1.12. The van der Waals surface area contributed by atoms with Crippen molar-refractivity contribution in [2.75, 3.05) is 6.61 Å². The molecule has 0 amide bonds. The van der Waals surface area contributed by atoms with Crippen molar-refractivity contribution in [2.45, 2.75) is 24.4 Å². The summed E-state index contributed by atoms with van der Waals surface area (Å²) in [6.45, 7) is -0.364. The third-order valence-corrected chi connectivity index (χ3v) is 3.15. The minimum absolute atomic E-state index is 0.191. The van der Waals surface area contributed by atoms with Gasteiger partial charge in [0, 0.05) is 23.5 Å². The van der Waals surface area contributed by atoms with Gasteiger partial charge in [-0.15, -0.1) is 0 Å². The van der Waals surface area contributed by atoms with Crippen LogP contribution in [0.25, 0.3) is 0 Å². The fourth-order valence-corrected chi connectivity index (χ4v) is 2.03. The number of ether oxygens (including phenoxy) is 1. The van der Waals surface area contributed by atoms with Gasteiger partial charge >= 0.3 is 0 Å². The number of aromatic nitrogens is 1. The molecule has 1 aromatic heterocycles. The highest BCUT2D eigenvalue weighted by Crippen LogP contribution is 2.33. The topological polar surface area (TPSA) is 109 Å². The average molecular weight is 270 g/mol. The molecule has 1 fully saturated rings. The van der Waals surface area contributed by atoms with E-state index in [-0.39, 0.29) is 11.6 Å². The predicted octanol–water partition coefficient (Wildman–Crippen LogP) is -1.13. The van der Waals surface area contributed by atoms with Crippen molar-refractivity contribution in [2.24, 2.45) is 5.73 Å². The highest BCUT2D eigenvalue weighted by atomic mass is 32.1. The highest BCUT2D eigenvalue weighted by Gasteiger charge is 2.43. The molecule has 0 unspecified atom stereocenters. The Morgan fingerprint density at radius 3 is 2.67 bits per heavy atom. The van der Waals surface area contributed by atoms with Crippen LogP contribution in [0, 0.1) is 0 Å². The molecule has 18 heavy (non-hydrogen) atoms. The number of thiocarbonyl (C=S) groups is 1. The van der Waals surface area contributed by atoms with E-state index in [9.17, 15) is 10.2 Å². The molecule has 1 aliphatic rings. The van der Waals surface area contributed by atoms with Crippen LogP contribution in [-0.4, -0.2) is 50.2 Å². The molecule has 0 spiro atoms. The second-order valence-corrected chi connectivity index (χ2v) is 4.57. The number of hydrogen-bond donors (Lipinski definition) is 4. The largest absolute Gasteiger partial charge is 0.394 e. The summed E-state index contributed by atoms with van der Waals surface area (Å²) in [4.78, 5) is 4.15. The maximum absolute atomic E-state index is 9.86. The van der Waals surface area contributed by atoms with Crippen molar-refractivity contribution in [3.8, 4) is 0 Å². The molecular weight excluding hydrogens is 256 g/mol. The summed E-state index contributed by atoms with van der Waals surface area (Å²) in [7, 11) is 0. The average Bonchev–Trinajstić information content (AvgIpc) is 2.66. The lowest BCUT2D eigenvalue weighted by molar-refractivity contribution is -0.0228. The van der Waals surface area contributed by atoms with Crippen molar-refractivity contribution >= 4 is 17.2 Å². The van der Waals surface area contributed by atoms with E-state index in [1.165, 1.54) is 12.4 Å². The number of hydrogen-bond acceptors (Lipinski definition) is 6. The van der Waals surface area contributed by atoms with Crippen LogP contribution in [0.3, 0.4) is 0 Å². The van der Waals surface area contributed by atoms with Crippen molar-refractivity contribution in [1.29, 1.82) is 0 Å². The zero-order chi connectivity index (χ0) is 13.3. The third kappa shape index (κ3) is 2.36. The first-order chi connectivity index (χ1) is 8.54. The molecule has 2 heterocycles. The fourth-order valence-electron chi connectivity index (χ4n) is 1.92. The summed E-state index contributed by atoms with van der Waals surface area (Å²) in [6.07, 6.45) is -0.800. The molecule has 4 atom stereocenters. The first-order valence-electron chi connectivity index (χ1n) is 5.41. The first-order valence-corrected chi connectivity index (χ1v) is 5.82. The predicted molar refractivity (Wildman–Crippen MR) is 66.8 cm³/mol. The molecule has 98 valence electrons. The second kappa shape index (κ2) is 5.25. The van der Waals surface area contributed by atoms with Gasteiger partial charge in [-0.1, -0.05) is 12.2 Å². The minimum Gasteiger partial charge on any atom is -0.394 e. The van der Waals surface area contributed by atoms with Crippen molar-refractivity contribution in [3.05, 3.63) is 29.6 Å². The summed E-state index contributed by atoms with van der Waals surface area (Å²) in [5, 5.41) is 28.5. The van der Waals surface area contributed by atoms with Crippen molar-refractivity contribution in [1.82, 2.24) is 4.98 Å². The van der Waals surface area contributed by atoms with Crippen LogP contribution >= 0.6 is 12.2 Å². The summed E-state index contributed by atoms with van der Waals surface area (Å²) >= 11 is 4.84. The van der Waals surface area contributed by atoms with Gasteiger partial charge in [0.05, 0.1) is 6.61 Å². The number of pyridine rings is 1. The smallest absolute Gasteiger partial charge is 0.113 e. The van der Waals surface area contributed by atoms with E-state index in [0.717, 1.165) is 0 Å². The monoisotopic (exact) mass is 270 g/mol. The number of nitrogens with zero attached hydrogens (tertiary/aromatic N) is 1. The van der Waals surface area contributed by atoms with Crippen molar-refractivity contribution < 1.29 is 20.1 Å². The summed E-state index contributed by atoms with van der Waals surface area (Å²) in [5.41, 5.74) is 6.61. The molecule has 0 bridgehead atoms. The van der Waals surface area contributed by atoms with Gasteiger partial charge in [0.2, 0.25) is 0 Å². The van der Waals surface area contributed by atoms with E-state index in [4.69, 9.17) is 27.8 Å². The molecule has 1 aromatic rings. The molecule has 6 nitrogen and oxygen atoms in total. The van der Waals surface area contributed by atoms with Gasteiger partial charge in [-0.3, -0.25) is 4.98 Å². The molecule has 1 saturated heterocycles. The Morgan fingerprint density at radius 2 is 2.11 bits per heavy atom. The molecule has 1 aliphatic heterocycles. The number of aliphatic hydroxyl groups is 3. The lowest BCUT2D eigenvalue weighted by Gasteiger charge is -2.15. The van der Waals surface area contributed by atoms with Crippen LogP contribution in [0.2, 0.25) is 0 Å². The van der Waals surface area contributed by atoms with Crippen LogP contribution in [0.15, 0.2) is 18.5 Å². The Kier molecular flexibility index (Phi) is 3.88. The quantitative estimate of drug-likeness (QED) is 0.515. The van der Waals surface area contributed by atoms with Gasteiger partial charge in [0.1, 0.15) is 29.4 Å². The van der Waals surface area contributed by atoms with Crippen LogP contribution in [-0.2, 0) is 4.74 Å². The normalized spacial score (nSPS) is 31.5. The van der Waals surface area contributed by atoms with E-state index in [1.807, 2.05) is 0 Å². The standard InChI is InChI=1S/C11H14N2O4S/c12-11(18)6-1-5(2-13-3-6)10-9(16)8(15)7(4-14)17-10/h1-3,7-10,14-16H,4H2,(H2,12,18)/t7-,8-,9+,10-/m1/s1. The summed E-state index contributed by atoms with van der Waals surface area (Å²) in [5.74, 6) is 0. The van der Waals surface area contributed by atoms with E-state index in [1.54, 1.807) is 6.07 Å². The molecule has 5 N–H and O–H groups in total. The Balaban J connectivity index is 2.27. The van der Waals surface area contributed by atoms with Crippen LogP contribution in [0.5, 0.6) is 0 Å². The van der Waals surface area contributed by atoms with Gasteiger partial charge in [-0.05, 0) is 6.07 Å². The van der Waals surface area contributed by atoms with E-state index in [0.29, 0.717) is 11.1 Å². The first kappa shape index (κ1) is 13.3. The van der Waals surface area contributed by atoms with Crippen molar-refractivity contribution in [3.63, 3.8) is 0 Å². The van der Waals surface area contributed by atoms with Crippen LogP contribution in [0.4, 0.5) is 0 Å². The number of aliphatic hydroxyl groups excluding tert-OH is 3. The fraction of sp³-hybridized carbons (Fsp3) is 0.455. The van der Waals surface area contributed by atoms with E-state index in [2.05, 4.69) is 4.98 Å². The zero-order valence-electron chi connectivity index (χ0n) is 9.43. The molecule has 2 rings (SSSR count). The molecule has 0 radical (unpaired) electrons. The molecule has 0 aromatic carbocycles. The SMILES string of the molecule is NC(=S)c1cncc([C@H]2O[C@H](CO)[C@@H](O)[C@@H]2O)c1. The van der Waals surface area contributed by atoms with Gasteiger partial charge in [-0.25, -0.2) is 0 Å². The molecule has 0 saturated carbocycles. The maximum Gasteiger partial charge on any atom is 0.113 e. The van der Waals surface area contributed by atoms with Gasteiger partial charge in [0.15, 0.2) is 0 Å². The summed E-state index contributed by atoms with van der Waals surface area (Å²) < 4.78 is 5.38. The second-order valence-electron chi connectivity index (χ2n) is 4.13. The van der Waals surface area contributed by atoms with Gasteiger partial charge < -0.3 is 25.8 Å². The third-order valence-electron chi connectivity index (χ3n) is 2.91. The van der Waals surface area contributed by atoms with Gasteiger partial charge in [-0.2, -0.15) is 0 Å². The Morgan fingerprint density at radius 1 is 1.39 bits per heavy atom. The zero-order valence-corrected chi connectivity index (χ0v) is 10.2. The highest BCUT2D eigenvalue weighted by molar-refractivity contribution is 7.80. The maximum atomic E-state index is 9.86. The lowest BCUT2D eigenvalue weighted by Crippen LogP contribution is -2.32. The molecule has 7 heteroatoms. The van der Waals surface area contributed by atoms with Gasteiger partial charge in [0.25, 0.3) is 0 Å². The Bertz CT molecular complexity index is 456. The molecule has 0 aliphatic carbocycles. The van der Waals surface area contributed by atoms with Crippen LogP contribution < -0.4 is 5.73 Å².